The van der Waals surface area contributed by atoms with Crippen LogP contribution in [-0.4, -0.2) is 16.2 Å². The number of aliphatic hydroxyl groups is 1. The summed E-state index contributed by atoms with van der Waals surface area (Å²) in [6, 6.07) is 1.84. The summed E-state index contributed by atoms with van der Waals surface area (Å²) in [5.74, 6) is -1.64. The maximum atomic E-state index is 11.2. The second-order valence-corrected chi connectivity index (χ2v) is 6.29. The first kappa shape index (κ1) is 13.6. The minimum Gasteiger partial charge on any atom is -0.481 e. The third-order valence-corrected chi connectivity index (χ3v) is 5.00. The molecule has 1 aliphatic carbocycles. The minimum absolute atomic E-state index is 0.276. The molecule has 98 valence electrons. The molecule has 0 saturated carbocycles. The van der Waals surface area contributed by atoms with E-state index in [1.54, 1.807) is 0 Å². The molecule has 1 aliphatic rings. The van der Waals surface area contributed by atoms with Crippen molar-refractivity contribution in [2.24, 2.45) is 11.8 Å². The van der Waals surface area contributed by atoms with Gasteiger partial charge in [0.1, 0.15) is 0 Å². The standard InChI is InChI=1S/C13H15ClO3S/c1-7-6-10(18-12(7)14)11(15)8-4-2-3-5-9(8)13(16)17/h2-3,6,8-9,11,15H,4-5H2,1H3,(H,16,17). The van der Waals surface area contributed by atoms with E-state index in [2.05, 4.69) is 0 Å². The highest BCUT2D eigenvalue weighted by atomic mass is 35.5. The Labute approximate surface area is 115 Å². The largest absolute Gasteiger partial charge is 0.481 e. The van der Waals surface area contributed by atoms with Gasteiger partial charge in [-0.05, 0) is 31.4 Å². The van der Waals surface area contributed by atoms with E-state index in [4.69, 9.17) is 11.6 Å². The number of carboxylic acid groups (broad SMARTS) is 1. The molecule has 3 atom stereocenters. The number of carbonyl (C=O) groups is 1. The lowest BCUT2D eigenvalue weighted by atomic mass is 9.79. The molecule has 0 amide bonds. The van der Waals surface area contributed by atoms with Gasteiger partial charge < -0.3 is 10.2 Å². The van der Waals surface area contributed by atoms with Crippen LogP contribution < -0.4 is 0 Å². The number of rotatable bonds is 3. The molecule has 2 N–H and O–H groups in total. The predicted molar refractivity (Wildman–Crippen MR) is 72.0 cm³/mol. The zero-order valence-corrected chi connectivity index (χ0v) is 11.5. The SMILES string of the molecule is Cc1cc(C(O)C2CC=CCC2C(=O)O)sc1Cl. The number of halogens is 1. The summed E-state index contributed by atoms with van der Waals surface area (Å²) in [6.07, 6.45) is 4.12. The van der Waals surface area contributed by atoms with Gasteiger partial charge in [-0.2, -0.15) is 0 Å². The summed E-state index contributed by atoms with van der Waals surface area (Å²) in [5.41, 5.74) is 0.925. The maximum Gasteiger partial charge on any atom is 0.307 e. The van der Waals surface area contributed by atoms with Crippen molar-refractivity contribution in [1.82, 2.24) is 0 Å². The first-order chi connectivity index (χ1) is 8.50. The van der Waals surface area contributed by atoms with E-state index in [9.17, 15) is 15.0 Å². The van der Waals surface area contributed by atoms with Gasteiger partial charge in [0.05, 0.1) is 16.4 Å². The maximum absolute atomic E-state index is 11.2. The number of hydrogen-bond acceptors (Lipinski definition) is 3. The van der Waals surface area contributed by atoms with Gasteiger partial charge in [-0.15, -0.1) is 11.3 Å². The first-order valence-electron chi connectivity index (χ1n) is 5.82. The van der Waals surface area contributed by atoms with Crippen molar-refractivity contribution in [2.75, 3.05) is 0 Å². The van der Waals surface area contributed by atoms with Crippen molar-refractivity contribution < 1.29 is 15.0 Å². The lowest BCUT2D eigenvalue weighted by molar-refractivity contribution is -0.145. The van der Waals surface area contributed by atoms with Gasteiger partial charge >= 0.3 is 5.97 Å². The second-order valence-electron chi connectivity index (χ2n) is 4.60. The lowest BCUT2D eigenvalue weighted by Gasteiger charge is -2.28. The quantitative estimate of drug-likeness (QED) is 0.837. The third kappa shape index (κ3) is 2.60. The van der Waals surface area contributed by atoms with Crippen molar-refractivity contribution in [2.45, 2.75) is 25.9 Å². The number of allylic oxidation sites excluding steroid dienone is 2. The second kappa shape index (κ2) is 5.43. The summed E-state index contributed by atoms with van der Waals surface area (Å²) in [7, 11) is 0. The molecule has 0 aromatic carbocycles. The zero-order chi connectivity index (χ0) is 13.3. The Bertz CT molecular complexity index is 461. The summed E-state index contributed by atoms with van der Waals surface area (Å²) in [4.78, 5) is 12.0. The van der Waals surface area contributed by atoms with Gasteiger partial charge in [0.2, 0.25) is 0 Å². The van der Waals surface area contributed by atoms with Gasteiger partial charge in [-0.3, -0.25) is 4.79 Å². The van der Waals surface area contributed by atoms with Crippen LogP contribution in [0, 0.1) is 18.8 Å². The predicted octanol–water partition coefficient (Wildman–Crippen LogP) is 3.41. The van der Waals surface area contributed by atoms with Crippen LogP contribution in [0.4, 0.5) is 0 Å². The molecule has 3 nitrogen and oxygen atoms in total. The number of aliphatic hydroxyl groups excluding tert-OH is 1. The fourth-order valence-corrected chi connectivity index (χ4v) is 3.59. The average molecular weight is 287 g/mol. The van der Waals surface area contributed by atoms with Crippen LogP contribution >= 0.6 is 22.9 Å². The summed E-state index contributed by atoms with van der Waals surface area (Å²) in [6.45, 7) is 1.88. The van der Waals surface area contributed by atoms with Crippen molar-refractivity contribution >= 4 is 28.9 Å². The van der Waals surface area contributed by atoms with Crippen molar-refractivity contribution in [3.8, 4) is 0 Å². The van der Waals surface area contributed by atoms with E-state index in [-0.39, 0.29) is 5.92 Å². The minimum atomic E-state index is -0.845. The highest BCUT2D eigenvalue weighted by molar-refractivity contribution is 7.16. The Kier molecular flexibility index (Phi) is 4.10. The van der Waals surface area contributed by atoms with Crippen molar-refractivity contribution in [1.29, 1.82) is 0 Å². The van der Waals surface area contributed by atoms with Crippen LogP contribution in [0.25, 0.3) is 0 Å². The first-order valence-corrected chi connectivity index (χ1v) is 7.02. The van der Waals surface area contributed by atoms with E-state index < -0.39 is 18.0 Å². The fourth-order valence-electron chi connectivity index (χ4n) is 2.31. The number of hydrogen-bond donors (Lipinski definition) is 2. The Hall–Kier alpha value is -0.840. The molecule has 0 fully saturated rings. The van der Waals surface area contributed by atoms with Crippen LogP contribution in [0.15, 0.2) is 18.2 Å². The molecule has 0 aliphatic heterocycles. The van der Waals surface area contributed by atoms with Gasteiger partial charge in [0, 0.05) is 10.8 Å². The number of aryl methyl sites for hydroxylation is 1. The van der Waals surface area contributed by atoms with Crippen LogP contribution in [0.3, 0.4) is 0 Å². The summed E-state index contributed by atoms with van der Waals surface area (Å²) >= 11 is 7.32. The van der Waals surface area contributed by atoms with E-state index >= 15 is 0 Å². The van der Waals surface area contributed by atoms with Crippen molar-refractivity contribution in [3.05, 3.63) is 33.0 Å². The third-order valence-electron chi connectivity index (χ3n) is 3.37. The zero-order valence-electron chi connectivity index (χ0n) is 9.97. The monoisotopic (exact) mass is 286 g/mol. The molecular weight excluding hydrogens is 272 g/mol. The fraction of sp³-hybridized carbons (Fsp3) is 0.462. The molecule has 18 heavy (non-hydrogen) atoms. The van der Waals surface area contributed by atoms with Gasteiger partial charge in [-0.1, -0.05) is 23.8 Å². The number of aliphatic carboxylic acids is 1. The van der Waals surface area contributed by atoms with Crippen LogP contribution in [-0.2, 0) is 4.79 Å². The normalized spacial score (nSPS) is 25.1. The average Bonchev–Trinajstić information content (AvgIpc) is 2.68. The molecule has 0 spiro atoms. The molecule has 5 heteroatoms. The molecule has 1 aromatic rings. The summed E-state index contributed by atoms with van der Waals surface area (Å²) in [5, 5.41) is 19.6. The van der Waals surface area contributed by atoms with E-state index in [1.165, 1.54) is 11.3 Å². The smallest absolute Gasteiger partial charge is 0.307 e. The summed E-state index contributed by atoms with van der Waals surface area (Å²) < 4.78 is 0.655. The molecule has 3 unspecified atom stereocenters. The highest BCUT2D eigenvalue weighted by Gasteiger charge is 2.35. The van der Waals surface area contributed by atoms with E-state index in [0.29, 0.717) is 17.2 Å². The number of carboxylic acids is 1. The molecule has 1 aromatic heterocycles. The van der Waals surface area contributed by atoms with Gasteiger partial charge in [-0.25, -0.2) is 0 Å². The Morgan fingerprint density at radius 1 is 1.50 bits per heavy atom. The molecule has 0 radical (unpaired) electrons. The van der Waals surface area contributed by atoms with Gasteiger partial charge in [0.15, 0.2) is 0 Å². The van der Waals surface area contributed by atoms with Crippen LogP contribution in [0.2, 0.25) is 4.34 Å². The molecule has 0 bridgehead atoms. The Morgan fingerprint density at radius 3 is 2.72 bits per heavy atom. The molecule has 1 heterocycles. The Morgan fingerprint density at radius 2 is 2.17 bits per heavy atom. The van der Waals surface area contributed by atoms with Crippen LogP contribution in [0.1, 0.15) is 29.4 Å². The van der Waals surface area contributed by atoms with Crippen molar-refractivity contribution in [3.63, 3.8) is 0 Å². The number of thiophene rings is 1. The molecular formula is C13H15ClO3S. The van der Waals surface area contributed by atoms with Gasteiger partial charge in [0.25, 0.3) is 0 Å². The highest BCUT2D eigenvalue weighted by Crippen LogP contribution is 2.40. The van der Waals surface area contributed by atoms with Crippen LogP contribution in [0.5, 0.6) is 0 Å². The Balaban J connectivity index is 2.23. The lowest BCUT2D eigenvalue weighted by Crippen LogP contribution is -2.29. The van der Waals surface area contributed by atoms with E-state index in [0.717, 1.165) is 10.4 Å². The van der Waals surface area contributed by atoms with E-state index in [1.807, 2.05) is 25.1 Å². The molecule has 0 saturated heterocycles. The molecule has 2 rings (SSSR count). The topological polar surface area (TPSA) is 57.5 Å².